The second kappa shape index (κ2) is 18.5. The molecule has 386 valence electrons. The number of amides is 3. The summed E-state index contributed by atoms with van der Waals surface area (Å²) in [5.74, 6) is -11.0. The number of carbonyl (C=O) groups is 2. The van der Waals surface area contributed by atoms with E-state index in [0.717, 1.165) is 30.5 Å². The number of hydrogen-bond donors (Lipinski definition) is 3. The van der Waals surface area contributed by atoms with Gasteiger partial charge in [-0.15, -0.1) is 0 Å². The van der Waals surface area contributed by atoms with Gasteiger partial charge in [-0.25, -0.2) is 30.4 Å². The summed E-state index contributed by atoms with van der Waals surface area (Å²) in [5.41, 5.74) is -5.23. The van der Waals surface area contributed by atoms with Crippen molar-refractivity contribution in [1.29, 1.82) is 0 Å². The molecule has 0 saturated heterocycles. The molecule has 71 heavy (non-hydrogen) atoms. The third-order valence-corrected chi connectivity index (χ3v) is 15.7. The summed E-state index contributed by atoms with van der Waals surface area (Å²) in [6.07, 6.45) is -11.3. The fourth-order valence-electron chi connectivity index (χ4n) is 8.53. The Bertz CT molecular complexity index is 3160. The second-order valence-corrected chi connectivity index (χ2v) is 23.1. The number of halogens is 11. The van der Waals surface area contributed by atoms with Crippen molar-refractivity contribution in [3.8, 4) is 11.1 Å². The third kappa shape index (κ3) is 11.0. The summed E-state index contributed by atoms with van der Waals surface area (Å²) in [6.45, 7) is 0.275. The van der Waals surface area contributed by atoms with Crippen LogP contribution in [0.2, 0.25) is 5.02 Å². The van der Waals surface area contributed by atoms with Crippen molar-refractivity contribution in [2.75, 3.05) is 23.4 Å². The number of carbonyl (C=O) groups excluding carboxylic acids is 2. The first kappa shape index (κ1) is 53.3. The summed E-state index contributed by atoms with van der Waals surface area (Å²) < 4.78 is 198. The van der Waals surface area contributed by atoms with Gasteiger partial charge in [-0.1, -0.05) is 23.7 Å². The molecule has 3 heterocycles. The van der Waals surface area contributed by atoms with Crippen molar-refractivity contribution >= 4 is 60.1 Å². The number of aliphatic hydroxyl groups excluding tert-OH is 1. The molecule has 2 aromatic carbocycles. The standard InChI is InChI=1S/C43H43ClF10N8O7S2/c1-20(63)17-55-39(65)62(71(5,68)69)38-33-29(44)9-8-26(35(33)61(59-38)19-41(47,48)49)25-7-6-24(10-11-40(2,3)70(4,66)67)56-34(25)30(14-21-12-22(45)15-23(46)13-21)57-31(64)18-60-37-32(36(58-60)43(52,53)54)27-16-28(27)42(37,50)51/h6-9,12-13,15,20,27-28,30,63H,10-11,14,16-19H2,1-5H3,(H,55,65)(H,57,64)/t20-,27-,28?,30-/m0/s1. The highest BCUT2D eigenvalue weighted by Gasteiger charge is 2.68. The zero-order chi connectivity index (χ0) is 52.7. The van der Waals surface area contributed by atoms with Crippen LogP contribution in [0, 0.1) is 17.6 Å². The van der Waals surface area contributed by atoms with Crippen molar-refractivity contribution in [2.24, 2.45) is 5.92 Å². The molecule has 5 aromatic rings. The minimum Gasteiger partial charge on any atom is -0.392 e. The van der Waals surface area contributed by atoms with E-state index in [4.69, 9.17) is 11.6 Å². The van der Waals surface area contributed by atoms with E-state index < -0.39 is 155 Å². The Morgan fingerprint density at radius 2 is 1.59 bits per heavy atom. The lowest BCUT2D eigenvalue weighted by Crippen LogP contribution is -2.45. The molecular formula is C43H43ClF10N8O7S2. The van der Waals surface area contributed by atoms with Crippen molar-refractivity contribution in [3.63, 3.8) is 0 Å². The molecule has 1 fully saturated rings. The zero-order valence-electron chi connectivity index (χ0n) is 37.9. The number of sulfonamides is 1. The third-order valence-electron chi connectivity index (χ3n) is 12.2. The van der Waals surface area contributed by atoms with Crippen molar-refractivity contribution in [2.45, 2.75) is 101 Å². The Labute approximate surface area is 403 Å². The number of rotatable bonds is 16. The van der Waals surface area contributed by atoms with Crippen LogP contribution in [-0.2, 0) is 62.7 Å². The molecule has 0 bridgehead atoms. The molecule has 15 nitrogen and oxygen atoms in total. The van der Waals surface area contributed by atoms with Crippen LogP contribution in [0.25, 0.3) is 22.0 Å². The van der Waals surface area contributed by atoms with Gasteiger partial charge in [-0.3, -0.25) is 19.1 Å². The van der Waals surface area contributed by atoms with E-state index in [0.29, 0.717) is 12.3 Å². The minimum absolute atomic E-state index is 0.0107. The summed E-state index contributed by atoms with van der Waals surface area (Å²) >= 11 is 6.61. The molecule has 7 rings (SSSR count). The fourth-order valence-corrected chi connectivity index (χ4v) is 10.0. The number of fused-ring (bicyclic) bond motifs is 4. The van der Waals surface area contributed by atoms with Gasteiger partial charge in [0.25, 0.3) is 5.92 Å². The Hall–Kier alpha value is -5.54. The first-order chi connectivity index (χ1) is 32.6. The Morgan fingerprint density at radius 1 is 0.958 bits per heavy atom. The van der Waals surface area contributed by atoms with Crippen molar-refractivity contribution in [1.82, 2.24) is 35.2 Å². The molecule has 0 aliphatic heterocycles. The number of aromatic nitrogens is 5. The number of benzene rings is 2. The molecule has 3 amide bonds. The zero-order valence-corrected chi connectivity index (χ0v) is 40.2. The SMILES string of the molecule is C[C@H](O)CNC(=O)N(c1nn(CC(F)(F)F)c2c(-c3ccc(CCC(C)(C)S(C)(=O)=O)nc3[C@H](Cc3cc(F)cc(F)c3)NC(=O)Cn3nc(C(F)(F)F)c4c3C(F)(F)C3C[C@H]43)ccc(Cl)c12)S(C)(=O)=O. The Morgan fingerprint density at radius 3 is 2.17 bits per heavy atom. The van der Waals surface area contributed by atoms with Gasteiger partial charge in [0.05, 0.1) is 44.8 Å². The van der Waals surface area contributed by atoms with Crippen LogP contribution in [0.4, 0.5) is 54.5 Å². The van der Waals surface area contributed by atoms with Gasteiger partial charge in [-0.05, 0) is 82.2 Å². The predicted molar refractivity (Wildman–Crippen MR) is 237 cm³/mol. The van der Waals surface area contributed by atoms with Gasteiger partial charge in [0, 0.05) is 47.2 Å². The minimum atomic E-state index is -5.21. The van der Waals surface area contributed by atoms with E-state index in [1.54, 1.807) is 0 Å². The molecule has 0 spiro atoms. The molecule has 1 unspecified atom stereocenters. The molecular weight excluding hydrogens is 1030 g/mol. The summed E-state index contributed by atoms with van der Waals surface area (Å²) in [4.78, 5) is 32.3. The van der Waals surface area contributed by atoms with Gasteiger partial charge in [-0.2, -0.15) is 49.6 Å². The first-order valence-corrected chi connectivity index (χ1v) is 25.4. The summed E-state index contributed by atoms with van der Waals surface area (Å²) in [6, 6.07) is 3.74. The maximum absolute atomic E-state index is 15.6. The van der Waals surface area contributed by atoms with Crippen LogP contribution in [0.5, 0.6) is 0 Å². The molecule has 0 radical (unpaired) electrons. The number of nitrogens with one attached hydrogen (secondary N) is 2. The number of hydrogen-bond acceptors (Lipinski definition) is 10. The maximum atomic E-state index is 15.6. The highest BCUT2D eigenvalue weighted by atomic mass is 35.5. The topological polar surface area (TPSA) is 198 Å². The highest BCUT2D eigenvalue weighted by Crippen LogP contribution is 2.68. The van der Waals surface area contributed by atoms with E-state index >= 15 is 8.78 Å². The largest absolute Gasteiger partial charge is 0.435 e. The molecule has 4 atom stereocenters. The lowest BCUT2D eigenvalue weighted by Gasteiger charge is -2.25. The van der Waals surface area contributed by atoms with Crippen LogP contribution in [0.15, 0.2) is 42.5 Å². The van der Waals surface area contributed by atoms with Gasteiger partial charge in [0.2, 0.25) is 15.9 Å². The van der Waals surface area contributed by atoms with Crippen LogP contribution in [0.1, 0.15) is 79.5 Å². The van der Waals surface area contributed by atoms with Crippen LogP contribution in [0.3, 0.4) is 0 Å². The van der Waals surface area contributed by atoms with Gasteiger partial charge >= 0.3 is 18.4 Å². The summed E-state index contributed by atoms with van der Waals surface area (Å²) in [5, 5.41) is 20.7. The molecule has 28 heteroatoms. The second-order valence-electron chi connectivity index (χ2n) is 18.2. The van der Waals surface area contributed by atoms with E-state index in [9.17, 15) is 66.7 Å². The predicted octanol–water partition coefficient (Wildman–Crippen LogP) is 7.73. The van der Waals surface area contributed by atoms with Gasteiger partial charge in [0.15, 0.2) is 21.3 Å². The number of aryl methyl sites for hydroxylation is 1. The number of alkyl halides is 8. The van der Waals surface area contributed by atoms with E-state index in [1.165, 1.54) is 32.9 Å². The smallest absolute Gasteiger partial charge is 0.392 e. The maximum Gasteiger partial charge on any atom is 0.435 e. The number of anilines is 1. The fraction of sp³-hybridized carbons (Fsp3) is 0.465. The van der Waals surface area contributed by atoms with Crippen LogP contribution < -0.4 is 14.9 Å². The van der Waals surface area contributed by atoms with Gasteiger partial charge < -0.3 is 15.7 Å². The Balaban J connectivity index is 1.46. The van der Waals surface area contributed by atoms with Gasteiger partial charge in [0.1, 0.15) is 30.4 Å². The number of pyridine rings is 1. The number of sulfone groups is 1. The molecule has 2 aliphatic rings. The first-order valence-electron chi connectivity index (χ1n) is 21.3. The van der Waals surface area contributed by atoms with Crippen LogP contribution in [-0.4, -0.2) is 94.5 Å². The normalized spacial score (nSPS) is 17.7. The van der Waals surface area contributed by atoms with Crippen molar-refractivity contribution < 1.29 is 75.4 Å². The van der Waals surface area contributed by atoms with E-state index in [1.807, 2.05) is 0 Å². The Kier molecular flexibility index (Phi) is 13.9. The van der Waals surface area contributed by atoms with E-state index in [-0.39, 0.29) is 61.0 Å². The monoisotopic (exact) mass is 1070 g/mol. The van der Waals surface area contributed by atoms with Crippen LogP contribution >= 0.6 is 11.6 Å². The highest BCUT2D eigenvalue weighted by molar-refractivity contribution is 7.93. The van der Waals surface area contributed by atoms with Crippen molar-refractivity contribution in [3.05, 3.63) is 93.0 Å². The lowest BCUT2D eigenvalue weighted by atomic mass is 9.93. The summed E-state index contributed by atoms with van der Waals surface area (Å²) in [7, 11) is -8.53. The average molecular weight is 1070 g/mol. The molecule has 1 saturated carbocycles. The molecule has 2 aliphatic carbocycles. The number of aliphatic hydroxyl groups is 1. The average Bonchev–Trinajstić information content (AvgIpc) is 3.73. The molecule has 3 aromatic heterocycles. The molecule has 3 N–H and O–H groups in total. The number of nitrogens with zero attached hydrogens (tertiary/aromatic N) is 6. The quantitative estimate of drug-likeness (QED) is 0.0823. The lowest BCUT2D eigenvalue weighted by molar-refractivity contribution is -0.143. The van der Waals surface area contributed by atoms with E-state index in [2.05, 4.69) is 25.8 Å². The number of urea groups is 1.